The third-order valence-corrected chi connectivity index (χ3v) is 9.13. The van der Waals surface area contributed by atoms with Crippen molar-refractivity contribution in [3.63, 3.8) is 0 Å². The van der Waals surface area contributed by atoms with Crippen molar-refractivity contribution in [1.82, 2.24) is 0 Å². The van der Waals surface area contributed by atoms with Crippen LogP contribution in [-0.4, -0.2) is 94.2 Å². The minimum atomic E-state index is 0.319. The van der Waals surface area contributed by atoms with Gasteiger partial charge in [-0.15, -0.1) is 32.8 Å². The average molecular weight is 384 g/mol. The van der Waals surface area contributed by atoms with E-state index in [9.17, 15) is 0 Å². The second kappa shape index (κ2) is 7.50. The minimum absolute atomic E-state index is 0.319. The molecule has 0 aromatic heterocycles. The summed E-state index contributed by atoms with van der Waals surface area (Å²) < 4.78 is 0. The van der Waals surface area contributed by atoms with Crippen LogP contribution in [-0.2, 0) is 0 Å². The molecule has 0 nitrogen and oxygen atoms in total. The molecule has 0 saturated carbocycles. The summed E-state index contributed by atoms with van der Waals surface area (Å²) >= 11 is 0. The normalized spacial score (nSPS) is 12.6. The maximum Gasteiger partial charge on any atom is 0.139 e. The maximum absolute atomic E-state index is 2.48. The van der Waals surface area contributed by atoms with Crippen LogP contribution in [0.25, 0.3) is 11.1 Å². The molecular formula is C19H26B12. The van der Waals surface area contributed by atoms with Gasteiger partial charge in [-0.1, -0.05) is 38.8 Å². The molecule has 3 aromatic carbocycles. The first kappa shape index (κ1) is 22.6. The van der Waals surface area contributed by atoms with E-state index >= 15 is 0 Å². The summed E-state index contributed by atoms with van der Waals surface area (Å²) in [6.07, 6.45) is 0. The Morgan fingerprint density at radius 3 is 1.16 bits per heavy atom. The number of hydrogen-bond acceptors (Lipinski definition) is 0. The number of benzene rings is 3. The number of fused-ring (bicyclic) bond motifs is 3. The molecule has 12 heteroatoms. The third-order valence-electron chi connectivity index (χ3n) is 9.13. The van der Waals surface area contributed by atoms with Crippen LogP contribution in [0.2, 0.25) is 0 Å². The number of rotatable bonds is 1. The highest BCUT2D eigenvalue weighted by molar-refractivity contribution is 6.68. The predicted octanol–water partition coefficient (Wildman–Crippen LogP) is -16.1. The van der Waals surface area contributed by atoms with Gasteiger partial charge in [0, 0.05) is 5.92 Å². The first-order chi connectivity index (χ1) is 14.4. The summed E-state index contributed by atoms with van der Waals surface area (Å²) in [5.74, 6) is 0.319. The first-order valence-electron chi connectivity index (χ1n) is 11.7. The highest BCUT2D eigenvalue weighted by Gasteiger charge is 2.37. The van der Waals surface area contributed by atoms with E-state index < -0.39 is 0 Å². The van der Waals surface area contributed by atoms with Gasteiger partial charge in [0.2, 0.25) is 0 Å². The van der Waals surface area contributed by atoms with Gasteiger partial charge in [-0.3, -0.25) is 0 Å². The summed E-state index contributed by atoms with van der Waals surface area (Å²) in [6, 6.07) is 2.48. The molecule has 0 spiro atoms. The van der Waals surface area contributed by atoms with E-state index in [1.54, 1.807) is 11.1 Å². The van der Waals surface area contributed by atoms with Gasteiger partial charge >= 0.3 is 0 Å². The van der Waals surface area contributed by atoms with E-state index in [0.29, 0.717) is 5.92 Å². The van der Waals surface area contributed by atoms with Crippen molar-refractivity contribution in [3.05, 3.63) is 22.8 Å². The number of hydrogen-bond donors (Lipinski definition) is 0. The lowest BCUT2D eigenvalue weighted by molar-refractivity contribution is 1.05. The monoisotopic (exact) mass is 386 g/mol. The fourth-order valence-corrected chi connectivity index (χ4v) is 6.05. The summed E-state index contributed by atoms with van der Waals surface area (Å²) in [7, 11) is 27.8. The molecule has 0 unspecified atom stereocenters. The molecule has 1 aliphatic carbocycles. The molecule has 0 N–H and O–H groups in total. The molecule has 138 valence electrons. The van der Waals surface area contributed by atoms with Crippen molar-refractivity contribution in [2.75, 3.05) is 0 Å². The molecule has 0 amide bonds. The Kier molecular flexibility index (Phi) is 5.47. The molecule has 0 fully saturated rings. The van der Waals surface area contributed by atoms with Crippen LogP contribution in [0.1, 0.15) is 22.6 Å². The molecule has 0 bridgehead atoms. The Hall–Kier alpha value is -1.56. The average Bonchev–Trinajstić information content (AvgIpc) is 3.10. The molecule has 1 aliphatic rings. The van der Waals surface area contributed by atoms with Crippen LogP contribution in [0.5, 0.6) is 0 Å². The van der Waals surface area contributed by atoms with E-state index in [2.05, 4.69) is 100 Å². The second-order valence-corrected chi connectivity index (χ2v) is 10.2. The van der Waals surface area contributed by atoms with Gasteiger partial charge < -0.3 is 0 Å². The smallest absolute Gasteiger partial charge is 0.102 e. The fraction of sp³-hybridized carbons (Fsp3) is 0.0526. The largest absolute Gasteiger partial charge is 0.139 e. The Balaban J connectivity index is 2.27. The van der Waals surface area contributed by atoms with Gasteiger partial charge in [0.25, 0.3) is 0 Å². The molecule has 4 rings (SSSR count). The molecule has 0 radical (unpaired) electrons. The van der Waals surface area contributed by atoms with Gasteiger partial charge in [-0.25, -0.2) is 0 Å². The Morgan fingerprint density at radius 1 is 0.387 bits per heavy atom. The zero-order valence-electron chi connectivity index (χ0n) is 21.7. The molecule has 31 heavy (non-hydrogen) atoms. The van der Waals surface area contributed by atoms with Crippen LogP contribution < -0.4 is 65.6 Å². The van der Waals surface area contributed by atoms with Gasteiger partial charge in [-0.05, 0) is 27.8 Å². The Bertz CT molecular complexity index is 1240. The van der Waals surface area contributed by atoms with Crippen molar-refractivity contribution >= 4 is 160 Å². The lowest BCUT2D eigenvalue weighted by Crippen LogP contribution is -2.51. The standard InChI is InChI=1S/C19H26B12/c20-3-1-2(9(21)15(27)10(3)22)4-5-7(13(25)18(30)16(28)11(5)23)8-6(4)12(24)17(29)19(31)14(8)26/h1,4H,20-31H2. The van der Waals surface area contributed by atoms with E-state index in [1.807, 2.05) is 0 Å². The van der Waals surface area contributed by atoms with Crippen molar-refractivity contribution in [1.29, 1.82) is 0 Å². The van der Waals surface area contributed by atoms with Crippen molar-refractivity contribution in [2.45, 2.75) is 5.92 Å². The molecule has 3 aromatic rings. The van der Waals surface area contributed by atoms with Crippen molar-refractivity contribution in [3.8, 4) is 11.1 Å². The van der Waals surface area contributed by atoms with Crippen LogP contribution in [0.15, 0.2) is 6.07 Å². The van der Waals surface area contributed by atoms with E-state index in [0.717, 1.165) is 0 Å². The van der Waals surface area contributed by atoms with E-state index in [-0.39, 0.29) is 0 Å². The van der Waals surface area contributed by atoms with Gasteiger partial charge in [0.05, 0.1) is 0 Å². The summed E-state index contributed by atoms with van der Waals surface area (Å²) in [6.45, 7) is 0. The highest BCUT2D eigenvalue weighted by Crippen LogP contribution is 2.42. The Morgan fingerprint density at radius 2 is 0.742 bits per heavy atom. The predicted molar refractivity (Wildman–Crippen MR) is 177 cm³/mol. The molecule has 0 aliphatic heterocycles. The highest BCUT2D eigenvalue weighted by atomic mass is 14.4. The van der Waals surface area contributed by atoms with E-state index in [4.69, 9.17) is 0 Å². The third kappa shape index (κ3) is 2.93. The zero-order chi connectivity index (χ0) is 23.1. The lowest BCUT2D eigenvalue weighted by atomic mass is 9.60. The maximum atomic E-state index is 2.48. The molecule has 0 heterocycles. The van der Waals surface area contributed by atoms with Crippen LogP contribution >= 0.6 is 0 Å². The van der Waals surface area contributed by atoms with Crippen molar-refractivity contribution in [2.24, 2.45) is 0 Å². The lowest BCUT2D eigenvalue weighted by Gasteiger charge is -2.26. The van der Waals surface area contributed by atoms with Crippen molar-refractivity contribution < 1.29 is 0 Å². The van der Waals surface area contributed by atoms with Gasteiger partial charge in [-0.2, -0.15) is 0 Å². The first-order valence-corrected chi connectivity index (χ1v) is 11.7. The summed E-state index contributed by atoms with van der Waals surface area (Å²) in [5.41, 5.74) is 25.1. The fourth-order valence-electron chi connectivity index (χ4n) is 6.05. The summed E-state index contributed by atoms with van der Waals surface area (Å²) in [4.78, 5) is 0. The molecule has 0 atom stereocenters. The second-order valence-electron chi connectivity index (χ2n) is 10.2. The minimum Gasteiger partial charge on any atom is -0.102 e. The van der Waals surface area contributed by atoms with Crippen LogP contribution in [0, 0.1) is 0 Å². The summed E-state index contributed by atoms with van der Waals surface area (Å²) in [5, 5.41) is 0. The Labute approximate surface area is 199 Å². The quantitative estimate of drug-likeness (QED) is 0.286. The van der Waals surface area contributed by atoms with Gasteiger partial charge in [0.15, 0.2) is 0 Å². The molecular weight excluding hydrogens is 358 g/mol. The van der Waals surface area contributed by atoms with Crippen LogP contribution in [0.3, 0.4) is 0 Å². The molecule has 0 saturated heterocycles. The SMILES string of the molecule is Bc1cc(C2c3c(B)c(B)c(B)c(B)c3-c3c(B)c(B)c(B)c(B)c32)c(B)c(B)c1B. The van der Waals surface area contributed by atoms with E-state index in [1.165, 1.54) is 82.2 Å². The van der Waals surface area contributed by atoms with Gasteiger partial charge in [0.1, 0.15) is 94.2 Å². The van der Waals surface area contributed by atoms with Crippen LogP contribution in [0.4, 0.5) is 0 Å². The topological polar surface area (TPSA) is 0 Å². The zero-order valence-corrected chi connectivity index (χ0v) is 21.7.